The van der Waals surface area contributed by atoms with E-state index < -0.39 is 30.0 Å². The number of hydrogen-bond donors (Lipinski definition) is 1. The second-order valence-electron chi connectivity index (χ2n) is 6.22. The third-order valence-corrected chi connectivity index (χ3v) is 5.14. The molecule has 0 spiro atoms. The highest BCUT2D eigenvalue weighted by Gasteiger charge is 2.49. The number of nitrogens with one attached hydrogen (secondary N) is 1. The summed E-state index contributed by atoms with van der Waals surface area (Å²) in [6.45, 7) is 1.04. The van der Waals surface area contributed by atoms with E-state index in [0.717, 1.165) is 9.37 Å². The quantitative estimate of drug-likeness (QED) is 0.413. The first-order valence-corrected chi connectivity index (χ1v) is 9.36. The van der Waals surface area contributed by atoms with Crippen molar-refractivity contribution in [3.05, 3.63) is 57.5 Å². The Bertz CT molecular complexity index is 950. The third kappa shape index (κ3) is 3.83. The molecule has 2 aromatic carbocycles. The highest BCUT2D eigenvalue weighted by molar-refractivity contribution is 9.10. The molecule has 0 aliphatic carbocycles. The number of carbonyl (C=O) groups is 3. The average molecular weight is 468 g/mol. The molecule has 9 heteroatoms. The maximum atomic E-state index is 12.9. The highest BCUT2D eigenvalue weighted by Crippen LogP contribution is 2.31. The van der Waals surface area contributed by atoms with Gasteiger partial charge in [0.2, 0.25) is 0 Å². The maximum absolute atomic E-state index is 12.9. The number of carbonyl (C=O) groups excluding carboxylic acids is 3. The minimum absolute atomic E-state index is 0.139. The molecule has 1 aliphatic heterocycles. The molecular formula is C19H16BrClN2O5. The second-order valence-corrected chi connectivity index (χ2v) is 7.55. The summed E-state index contributed by atoms with van der Waals surface area (Å²) in [4.78, 5) is 38.3. The van der Waals surface area contributed by atoms with Crippen LogP contribution in [0.4, 0.5) is 4.79 Å². The number of rotatable bonds is 5. The molecular weight excluding hydrogens is 452 g/mol. The zero-order valence-electron chi connectivity index (χ0n) is 15.0. The lowest BCUT2D eigenvalue weighted by Crippen LogP contribution is -2.41. The summed E-state index contributed by atoms with van der Waals surface area (Å²) >= 11 is 9.27. The predicted octanol–water partition coefficient (Wildman–Crippen LogP) is 3.48. The Kier molecular flexibility index (Phi) is 5.62. The molecule has 2 aromatic rings. The molecule has 1 fully saturated rings. The van der Waals surface area contributed by atoms with Gasteiger partial charge >= 0.3 is 12.0 Å². The number of hydrogen-bond acceptors (Lipinski definition) is 5. The molecule has 0 saturated carbocycles. The van der Waals surface area contributed by atoms with E-state index in [1.54, 1.807) is 43.3 Å². The van der Waals surface area contributed by atoms with Crippen LogP contribution in [0.2, 0.25) is 5.02 Å². The smallest absolute Gasteiger partial charge is 0.331 e. The van der Waals surface area contributed by atoms with Crippen molar-refractivity contribution in [2.75, 3.05) is 13.7 Å². The van der Waals surface area contributed by atoms with Crippen LogP contribution in [-0.2, 0) is 15.1 Å². The fourth-order valence-electron chi connectivity index (χ4n) is 2.80. The Balaban J connectivity index is 1.74. The molecule has 146 valence electrons. The molecule has 1 atom stereocenters. The second kappa shape index (κ2) is 7.81. The van der Waals surface area contributed by atoms with Crippen molar-refractivity contribution in [1.29, 1.82) is 0 Å². The Morgan fingerprint density at radius 1 is 1.21 bits per heavy atom. The van der Waals surface area contributed by atoms with Crippen LogP contribution in [0.25, 0.3) is 0 Å². The van der Waals surface area contributed by atoms with Gasteiger partial charge in [-0.25, -0.2) is 9.59 Å². The van der Waals surface area contributed by atoms with Gasteiger partial charge in [-0.2, -0.15) is 0 Å². The van der Waals surface area contributed by atoms with E-state index >= 15 is 0 Å². The van der Waals surface area contributed by atoms with Crippen molar-refractivity contribution < 1.29 is 23.9 Å². The van der Waals surface area contributed by atoms with Crippen molar-refractivity contribution in [3.63, 3.8) is 0 Å². The van der Waals surface area contributed by atoms with Crippen LogP contribution < -0.4 is 14.8 Å². The Hall–Kier alpha value is -2.58. The summed E-state index contributed by atoms with van der Waals surface area (Å²) in [6, 6.07) is 10.8. The van der Waals surface area contributed by atoms with Crippen molar-refractivity contribution >= 4 is 45.4 Å². The lowest BCUT2D eigenvalue weighted by atomic mass is 9.92. The fraction of sp³-hybridized carbons (Fsp3) is 0.211. The van der Waals surface area contributed by atoms with Crippen LogP contribution in [0.15, 0.2) is 46.9 Å². The molecule has 0 aromatic heterocycles. The molecule has 0 bridgehead atoms. The Morgan fingerprint density at radius 2 is 1.89 bits per heavy atom. The molecule has 7 nitrogen and oxygen atoms in total. The normalized spacial score (nSPS) is 18.8. The molecule has 3 rings (SSSR count). The van der Waals surface area contributed by atoms with Crippen LogP contribution in [0.5, 0.6) is 11.5 Å². The summed E-state index contributed by atoms with van der Waals surface area (Å²) in [7, 11) is 1.53. The van der Waals surface area contributed by atoms with Gasteiger partial charge < -0.3 is 14.8 Å². The van der Waals surface area contributed by atoms with Crippen LogP contribution >= 0.6 is 27.5 Å². The van der Waals surface area contributed by atoms with Gasteiger partial charge in [0.05, 0.1) is 12.1 Å². The van der Waals surface area contributed by atoms with Crippen molar-refractivity contribution in [2.24, 2.45) is 0 Å². The Labute approximate surface area is 174 Å². The minimum Gasteiger partial charge on any atom is -0.497 e. The number of nitrogens with zero attached hydrogens (tertiary/aromatic N) is 1. The van der Waals surface area contributed by atoms with E-state index in [9.17, 15) is 14.4 Å². The van der Waals surface area contributed by atoms with Gasteiger partial charge in [-0.3, -0.25) is 9.69 Å². The number of methoxy groups -OCH3 is 1. The highest BCUT2D eigenvalue weighted by atomic mass is 79.9. The van der Waals surface area contributed by atoms with Crippen LogP contribution in [0.1, 0.15) is 12.5 Å². The van der Waals surface area contributed by atoms with Gasteiger partial charge in [0, 0.05) is 4.47 Å². The summed E-state index contributed by atoms with van der Waals surface area (Å²) in [5.41, 5.74) is -0.725. The summed E-state index contributed by atoms with van der Waals surface area (Å²) in [5.74, 6) is -0.580. The van der Waals surface area contributed by atoms with Gasteiger partial charge in [0.25, 0.3) is 5.91 Å². The number of esters is 1. The summed E-state index contributed by atoms with van der Waals surface area (Å²) < 4.78 is 11.0. The van der Waals surface area contributed by atoms with Gasteiger partial charge in [0.15, 0.2) is 0 Å². The molecule has 0 radical (unpaired) electrons. The number of ether oxygens (including phenoxy) is 2. The average Bonchev–Trinajstić information content (AvgIpc) is 2.88. The van der Waals surface area contributed by atoms with Gasteiger partial charge in [0.1, 0.15) is 23.6 Å². The van der Waals surface area contributed by atoms with Gasteiger partial charge in [-0.05, 0) is 42.8 Å². The molecule has 0 unspecified atom stereocenters. The molecule has 1 aliphatic rings. The number of amides is 3. The van der Waals surface area contributed by atoms with E-state index in [0.29, 0.717) is 11.3 Å². The summed E-state index contributed by atoms with van der Waals surface area (Å²) in [5, 5.41) is 2.85. The summed E-state index contributed by atoms with van der Waals surface area (Å²) in [6.07, 6.45) is 0. The lowest BCUT2D eigenvalue weighted by Gasteiger charge is -2.22. The first-order chi connectivity index (χ1) is 13.2. The number of halogens is 2. The number of urea groups is 1. The maximum Gasteiger partial charge on any atom is 0.331 e. The zero-order valence-corrected chi connectivity index (χ0v) is 17.3. The van der Waals surface area contributed by atoms with Crippen LogP contribution in [-0.4, -0.2) is 36.5 Å². The van der Waals surface area contributed by atoms with E-state index in [-0.39, 0.29) is 10.8 Å². The first-order valence-electron chi connectivity index (χ1n) is 8.19. The molecule has 1 heterocycles. The predicted molar refractivity (Wildman–Crippen MR) is 105 cm³/mol. The monoisotopic (exact) mass is 466 g/mol. The van der Waals surface area contributed by atoms with Crippen LogP contribution in [0.3, 0.4) is 0 Å². The van der Waals surface area contributed by atoms with Crippen molar-refractivity contribution in [2.45, 2.75) is 12.5 Å². The molecule has 1 N–H and O–H groups in total. The van der Waals surface area contributed by atoms with Gasteiger partial charge in [-0.1, -0.05) is 39.7 Å². The van der Waals surface area contributed by atoms with E-state index in [4.69, 9.17) is 21.1 Å². The molecule has 1 saturated heterocycles. The Morgan fingerprint density at radius 3 is 2.50 bits per heavy atom. The fourth-order valence-corrected chi connectivity index (χ4v) is 3.51. The van der Waals surface area contributed by atoms with Crippen molar-refractivity contribution in [3.8, 4) is 11.5 Å². The third-order valence-electron chi connectivity index (χ3n) is 4.35. The van der Waals surface area contributed by atoms with E-state index in [1.807, 2.05) is 0 Å². The first kappa shape index (κ1) is 20.2. The SMILES string of the molecule is COc1ccc([C@@]2(C)NC(=O)N(CC(=O)Oc3ccc(Br)cc3Cl)C2=O)cc1. The molecule has 28 heavy (non-hydrogen) atoms. The van der Waals surface area contributed by atoms with E-state index in [1.165, 1.54) is 13.2 Å². The number of imide groups is 1. The molecule has 3 amide bonds. The lowest BCUT2D eigenvalue weighted by molar-refractivity contribution is -0.140. The standard InChI is InChI=1S/C19H16BrClN2O5/c1-19(11-3-6-13(27-2)7-4-11)17(25)23(18(26)22-19)10-16(24)28-15-8-5-12(20)9-14(15)21/h3-9H,10H2,1-2H3,(H,22,26)/t19-/m1/s1. The van der Waals surface area contributed by atoms with Crippen LogP contribution in [0, 0.1) is 0 Å². The number of benzene rings is 2. The van der Waals surface area contributed by atoms with Gasteiger partial charge in [-0.15, -0.1) is 0 Å². The van der Waals surface area contributed by atoms with E-state index in [2.05, 4.69) is 21.2 Å². The van der Waals surface area contributed by atoms with Crippen molar-refractivity contribution in [1.82, 2.24) is 10.2 Å². The zero-order chi connectivity index (χ0) is 20.5. The topological polar surface area (TPSA) is 84.9 Å². The minimum atomic E-state index is -1.29. The largest absolute Gasteiger partial charge is 0.497 e.